The molecule has 0 fully saturated rings. The highest BCUT2D eigenvalue weighted by molar-refractivity contribution is 5.92. The minimum atomic E-state index is -0.0859. The second kappa shape index (κ2) is 7.61. The summed E-state index contributed by atoms with van der Waals surface area (Å²) in [6.45, 7) is 6.81. The van der Waals surface area contributed by atoms with E-state index in [0.29, 0.717) is 19.0 Å². The molecule has 0 atom stereocenters. The van der Waals surface area contributed by atoms with Crippen LogP contribution in [0.1, 0.15) is 44.1 Å². The number of benzene rings is 1. The van der Waals surface area contributed by atoms with E-state index in [1.165, 1.54) is 6.92 Å². The van der Waals surface area contributed by atoms with E-state index in [-0.39, 0.29) is 11.8 Å². The first kappa shape index (κ1) is 18.0. The molecule has 0 aliphatic rings. The average Bonchev–Trinajstić information content (AvgIpc) is 3.03. The van der Waals surface area contributed by atoms with Crippen molar-refractivity contribution >= 4 is 22.5 Å². The van der Waals surface area contributed by atoms with Crippen molar-refractivity contribution in [3.05, 3.63) is 47.7 Å². The standard InChI is InChI=1S/C19H23N5O2/c1-12(2)19-22-18(26-23-19)11-24(4)10-16-6-5-14-9-15(20-13(3)25)7-8-17(14)21-16/h5-9,12H,10-11H2,1-4H3,(H,20,25). The molecule has 2 aromatic heterocycles. The number of amides is 1. The lowest BCUT2D eigenvalue weighted by Crippen LogP contribution is -2.18. The molecular formula is C19H23N5O2. The first-order valence-corrected chi connectivity index (χ1v) is 8.59. The van der Waals surface area contributed by atoms with Gasteiger partial charge in [0, 0.05) is 30.5 Å². The van der Waals surface area contributed by atoms with Gasteiger partial charge in [0.25, 0.3) is 0 Å². The first-order valence-electron chi connectivity index (χ1n) is 8.59. The number of carbonyl (C=O) groups is 1. The van der Waals surface area contributed by atoms with Gasteiger partial charge in [-0.3, -0.25) is 14.7 Å². The van der Waals surface area contributed by atoms with Crippen LogP contribution in [-0.4, -0.2) is 33.0 Å². The van der Waals surface area contributed by atoms with Crippen LogP contribution < -0.4 is 5.32 Å². The van der Waals surface area contributed by atoms with Gasteiger partial charge in [0.05, 0.1) is 17.8 Å². The van der Waals surface area contributed by atoms with E-state index < -0.39 is 0 Å². The van der Waals surface area contributed by atoms with Crippen LogP contribution in [0.25, 0.3) is 10.9 Å². The molecule has 1 amide bonds. The maximum absolute atomic E-state index is 11.2. The van der Waals surface area contributed by atoms with Crippen LogP contribution in [0.4, 0.5) is 5.69 Å². The number of fused-ring (bicyclic) bond motifs is 1. The molecule has 2 heterocycles. The zero-order valence-corrected chi connectivity index (χ0v) is 15.5. The molecular weight excluding hydrogens is 330 g/mol. The van der Waals surface area contributed by atoms with Gasteiger partial charge in [0.15, 0.2) is 5.82 Å². The molecule has 3 rings (SSSR count). The average molecular weight is 353 g/mol. The number of pyridine rings is 1. The number of hydrogen-bond donors (Lipinski definition) is 1. The SMILES string of the molecule is CC(=O)Nc1ccc2nc(CN(C)Cc3nc(C(C)C)no3)ccc2c1. The molecule has 0 radical (unpaired) electrons. The van der Waals surface area contributed by atoms with Gasteiger partial charge in [0.2, 0.25) is 11.8 Å². The predicted molar refractivity (Wildman–Crippen MR) is 99.6 cm³/mol. The molecule has 136 valence electrons. The number of rotatable bonds is 6. The molecule has 0 saturated heterocycles. The summed E-state index contributed by atoms with van der Waals surface area (Å²) in [7, 11) is 1.99. The molecule has 0 aliphatic carbocycles. The molecule has 0 spiro atoms. The molecule has 1 aromatic carbocycles. The van der Waals surface area contributed by atoms with E-state index in [9.17, 15) is 4.79 Å². The lowest BCUT2D eigenvalue weighted by atomic mass is 10.1. The minimum Gasteiger partial charge on any atom is -0.338 e. The highest BCUT2D eigenvalue weighted by Gasteiger charge is 2.12. The summed E-state index contributed by atoms with van der Waals surface area (Å²) < 4.78 is 5.29. The Morgan fingerprint density at radius 1 is 1.19 bits per heavy atom. The zero-order valence-electron chi connectivity index (χ0n) is 15.5. The van der Waals surface area contributed by atoms with E-state index in [0.717, 1.165) is 28.1 Å². The fraction of sp³-hybridized carbons (Fsp3) is 0.368. The van der Waals surface area contributed by atoms with Crippen molar-refractivity contribution in [2.45, 2.75) is 39.8 Å². The van der Waals surface area contributed by atoms with Crippen LogP contribution >= 0.6 is 0 Å². The van der Waals surface area contributed by atoms with Crippen LogP contribution in [-0.2, 0) is 17.9 Å². The summed E-state index contributed by atoms with van der Waals surface area (Å²) in [4.78, 5) is 22.3. The van der Waals surface area contributed by atoms with Crippen molar-refractivity contribution in [2.75, 3.05) is 12.4 Å². The third-order valence-electron chi connectivity index (χ3n) is 3.90. The summed E-state index contributed by atoms with van der Waals surface area (Å²) in [5.41, 5.74) is 2.62. The second-order valence-electron chi connectivity index (χ2n) is 6.76. The summed E-state index contributed by atoms with van der Waals surface area (Å²) in [6, 6.07) is 9.69. The van der Waals surface area contributed by atoms with Crippen LogP contribution in [0.3, 0.4) is 0 Å². The van der Waals surface area contributed by atoms with E-state index >= 15 is 0 Å². The minimum absolute atomic E-state index is 0.0859. The lowest BCUT2D eigenvalue weighted by Gasteiger charge is -2.14. The van der Waals surface area contributed by atoms with Crippen molar-refractivity contribution in [3.63, 3.8) is 0 Å². The first-order chi connectivity index (χ1) is 12.4. The van der Waals surface area contributed by atoms with Crippen molar-refractivity contribution in [1.82, 2.24) is 20.0 Å². The smallest absolute Gasteiger partial charge is 0.240 e. The van der Waals surface area contributed by atoms with Gasteiger partial charge in [-0.25, -0.2) is 0 Å². The third-order valence-corrected chi connectivity index (χ3v) is 3.90. The van der Waals surface area contributed by atoms with Crippen LogP contribution in [0.5, 0.6) is 0 Å². The Morgan fingerprint density at radius 2 is 2.00 bits per heavy atom. The van der Waals surface area contributed by atoms with Gasteiger partial charge in [-0.1, -0.05) is 25.1 Å². The quantitative estimate of drug-likeness (QED) is 0.732. The fourth-order valence-corrected chi connectivity index (χ4v) is 2.67. The summed E-state index contributed by atoms with van der Waals surface area (Å²) >= 11 is 0. The molecule has 26 heavy (non-hydrogen) atoms. The summed E-state index contributed by atoms with van der Waals surface area (Å²) in [6.07, 6.45) is 0. The van der Waals surface area contributed by atoms with E-state index in [4.69, 9.17) is 4.52 Å². The molecule has 3 aromatic rings. The molecule has 0 unspecified atom stereocenters. The topological polar surface area (TPSA) is 84.2 Å². The Morgan fingerprint density at radius 3 is 2.69 bits per heavy atom. The number of anilines is 1. The highest BCUT2D eigenvalue weighted by atomic mass is 16.5. The Balaban J connectivity index is 1.68. The second-order valence-corrected chi connectivity index (χ2v) is 6.76. The van der Waals surface area contributed by atoms with Gasteiger partial charge >= 0.3 is 0 Å². The highest BCUT2D eigenvalue weighted by Crippen LogP contribution is 2.19. The van der Waals surface area contributed by atoms with Crippen LogP contribution in [0.2, 0.25) is 0 Å². The Bertz CT molecular complexity index is 919. The van der Waals surface area contributed by atoms with Crippen molar-refractivity contribution in [2.24, 2.45) is 0 Å². The zero-order chi connectivity index (χ0) is 18.7. The molecule has 0 saturated carbocycles. The normalized spacial score (nSPS) is 11.5. The van der Waals surface area contributed by atoms with Gasteiger partial charge < -0.3 is 9.84 Å². The van der Waals surface area contributed by atoms with Crippen molar-refractivity contribution < 1.29 is 9.32 Å². The molecule has 7 nitrogen and oxygen atoms in total. The van der Waals surface area contributed by atoms with Crippen LogP contribution in [0.15, 0.2) is 34.9 Å². The van der Waals surface area contributed by atoms with E-state index in [1.54, 1.807) is 0 Å². The van der Waals surface area contributed by atoms with E-state index in [2.05, 4.69) is 25.3 Å². The number of hydrogen-bond acceptors (Lipinski definition) is 6. The number of aromatic nitrogens is 3. The maximum Gasteiger partial charge on any atom is 0.240 e. The van der Waals surface area contributed by atoms with Gasteiger partial charge in [-0.2, -0.15) is 4.98 Å². The van der Waals surface area contributed by atoms with Crippen molar-refractivity contribution in [3.8, 4) is 0 Å². The fourth-order valence-electron chi connectivity index (χ4n) is 2.67. The van der Waals surface area contributed by atoms with E-state index in [1.807, 2.05) is 51.2 Å². The molecule has 7 heteroatoms. The van der Waals surface area contributed by atoms with Crippen molar-refractivity contribution in [1.29, 1.82) is 0 Å². The predicted octanol–water partition coefficient (Wildman–Crippen LogP) is 3.33. The Labute approximate surface area is 152 Å². The molecule has 0 bridgehead atoms. The van der Waals surface area contributed by atoms with Crippen LogP contribution in [0, 0.1) is 0 Å². The summed E-state index contributed by atoms with van der Waals surface area (Å²) in [5.74, 6) is 1.50. The number of nitrogens with one attached hydrogen (secondary N) is 1. The largest absolute Gasteiger partial charge is 0.338 e. The third kappa shape index (κ3) is 4.43. The Kier molecular flexibility index (Phi) is 5.27. The number of nitrogens with zero attached hydrogens (tertiary/aromatic N) is 4. The molecule has 0 aliphatic heterocycles. The van der Waals surface area contributed by atoms with Gasteiger partial charge in [-0.05, 0) is 31.3 Å². The molecule has 1 N–H and O–H groups in total. The number of carbonyl (C=O) groups excluding carboxylic acids is 1. The Hall–Kier alpha value is -2.80. The van der Waals surface area contributed by atoms with Gasteiger partial charge in [0.1, 0.15) is 0 Å². The summed E-state index contributed by atoms with van der Waals surface area (Å²) in [5, 5.41) is 7.76. The lowest BCUT2D eigenvalue weighted by molar-refractivity contribution is -0.114. The monoisotopic (exact) mass is 353 g/mol. The van der Waals surface area contributed by atoms with Gasteiger partial charge in [-0.15, -0.1) is 0 Å². The maximum atomic E-state index is 11.2.